The minimum Gasteiger partial charge on any atom is -0.462 e. The van der Waals surface area contributed by atoms with Gasteiger partial charge in [0, 0.05) is 11.5 Å². The maximum Gasteiger partial charge on any atom is 0.341 e. The molecule has 0 aromatic carbocycles. The number of aryl methyl sites for hydroxylation is 1. The molecule has 0 bridgehead atoms. The van der Waals surface area contributed by atoms with E-state index < -0.39 is 12.1 Å². The highest BCUT2D eigenvalue weighted by molar-refractivity contribution is 7.16. The number of carbonyl (C=O) groups excluding carboxylic acids is 2. The van der Waals surface area contributed by atoms with Crippen molar-refractivity contribution in [1.29, 1.82) is 0 Å². The minimum atomic E-state index is -0.416. The van der Waals surface area contributed by atoms with Crippen molar-refractivity contribution < 1.29 is 19.1 Å². The number of ether oxygens (including phenoxy) is 2. The van der Waals surface area contributed by atoms with Crippen molar-refractivity contribution in [3.8, 4) is 0 Å². The number of anilines is 1. The SMILES string of the molecule is CCOC(=O)c1cc(C)sc1NC(=O)C1CCCCO1. The van der Waals surface area contributed by atoms with Gasteiger partial charge < -0.3 is 14.8 Å². The Hall–Kier alpha value is -1.40. The number of rotatable bonds is 4. The summed E-state index contributed by atoms with van der Waals surface area (Å²) in [4.78, 5) is 24.9. The maximum absolute atomic E-state index is 12.1. The summed E-state index contributed by atoms with van der Waals surface area (Å²) in [5.41, 5.74) is 0.415. The highest BCUT2D eigenvalue weighted by Crippen LogP contribution is 2.29. The molecule has 0 saturated carbocycles. The third kappa shape index (κ3) is 3.58. The molecule has 6 heteroatoms. The van der Waals surface area contributed by atoms with E-state index >= 15 is 0 Å². The fraction of sp³-hybridized carbons (Fsp3) is 0.571. The molecule has 1 amide bonds. The third-order valence-corrected chi connectivity index (χ3v) is 4.03. The number of thiophene rings is 1. The van der Waals surface area contributed by atoms with E-state index in [1.807, 2.05) is 6.92 Å². The number of hydrogen-bond acceptors (Lipinski definition) is 5. The minimum absolute atomic E-state index is 0.183. The Morgan fingerprint density at radius 1 is 1.50 bits per heavy atom. The van der Waals surface area contributed by atoms with Gasteiger partial charge in [-0.05, 0) is 39.2 Å². The molecule has 0 radical (unpaired) electrons. The number of nitrogens with one attached hydrogen (secondary N) is 1. The van der Waals surface area contributed by atoms with Crippen LogP contribution in [-0.2, 0) is 14.3 Å². The molecule has 1 aliphatic heterocycles. The molecular formula is C14H19NO4S. The molecule has 1 fully saturated rings. The molecule has 2 heterocycles. The normalized spacial score (nSPS) is 18.6. The molecule has 110 valence electrons. The van der Waals surface area contributed by atoms with E-state index in [1.165, 1.54) is 11.3 Å². The lowest BCUT2D eigenvalue weighted by molar-refractivity contribution is -0.129. The lowest BCUT2D eigenvalue weighted by atomic mass is 10.1. The molecule has 0 spiro atoms. The summed E-state index contributed by atoms with van der Waals surface area (Å²) in [6.45, 7) is 4.57. The topological polar surface area (TPSA) is 64.6 Å². The van der Waals surface area contributed by atoms with Crippen LogP contribution in [0.4, 0.5) is 5.00 Å². The van der Waals surface area contributed by atoms with Crippen LogP contribution in [0, 0.1) is 6.92 Å². The van der Waals surface area contributed by atoms with Crippen LogP contribution in [0.2, 0.25) is 0 Å². The van der Waals surface area contributed by atoms with Crippen LogP contribution in [0.25, 0.3) is 0 Å². The summed E-state index contributed by atoms with van der Waals surface area (Å²) in [5, 5.41) is 3.34. The van der Waals surface area contributed by atoms with Gasteiger partial charge in [0.15, 0.2) is 0 Å². The predicted molar refractivity (Wildman–Crippen MR) is 77.2 cm³/mol. The van der Waals surface area contributed by atoms with E-state index in [-0.39, 0.29) is 5.91 Å². The first kappa shape index (κ1) is 15.0. The summed E-state index contributed by atoms with van der Waals surface area (Å²) in [6, 6.07) is 1.74. The molecule has 20 heavy (non-hydrogen) atoms. The van der Waals surface area contributed by atoms with Gasteiger partial charge in [0.1, 0.15) is 11.1 Å². The Labute approximate surface area is 122 Å². The van der Waals surface area contributed by atoms with Crippen LogP contribution < -0.4 is 5.32 Å². The van der Waals surface area contributed by atoms with Gasteiger partial charge in [-0.2, -0.15) is 0 Å². The first-order valence-electron chi connectivity index (χ1n) is 6.82. The van der Waals surface area contributed by atoms with Crippen LogP contribution in [0.15, 0.2) is 6.07 Å². The second-order valence-corrected chi connectivity index (χ2v) is 5.92. The Morgan fingerprint density at radius 2 is 2.30 bits per heavy atom. The summed E-state index contributed by atoms with van der Waals surface area (Å²) >= 11 is 1.37. The average molecular weight is 297 g/mol. The molecular weight excluding hydrogens is 278 g/mol. The van der Waals surface area contributed by atoms with E-state index in [0.717, 1.165) is 24.1 Å². The Morgan fingerprint density at radius 3 is 2.95 bits per heavy atom. The molecule has 1 atom stereocenters. The number of hydrogen-bond donors (Lipinski definition) is 1. The van der Waals surface area contributed by atoms with Crippen molar-refractivity contribution in [1.82, 2.24) is 0 Å². The van der Waals surface area contributed by atoms with Gasteiger partial charge in [0.05, 0.1) is 12.2 Å². The van der Waals surface area contributed by atoms with Gasteiger partial charge in [-0.15, -0.1) is 11.3 Å². The highest BCUT2D eigenvalue weighted by Gasteiger charge is 2.24. The Bertz CT molecular complexity index is 491. The highest BCUT2D eigenvalue weighted by atomic mass is 32.1. The standard InChI is InChI=1S/C14H19NO4S/c1-3-18-14(17)10-8-9(2)20-13(10)15-12(16)11-6-4-5-7-19-11/h8,11H,3-7H2,1-2H3,(H,15,16). The quantitative estimate of drug-likeness (QED) is 0.868. The largest absolute Gasteiger partial charge is 0.462 e. The van der Waals surface area contributed by atoms with E-state index in [1.54, 1.807) is 13.0 Å². The van der Waals surface area contributed by atoms with Gasteiger partial charge >= 0.3 is 5.97 Å². The zero-order valence-electron chi connectivity index (χ0n) is 11.7. The molecule has 2 rings (SSSR count). The van der Waals surface area contributed by atoms with Crippen molar-refractivity contribution in [2.45, 2.75) is 39.2 Å². The zero-order valence-corrected chi connectivity index (χ0v) is 12.5. The predicted octanol–water partition coefficient (Wildman–Crippen LogP) is 2.74. The van der Waals surface area contributed by atoms with Crippen LogP contribution in [0.3, 0.4) is 0 Å². The van der Waals surface area contributed by atoms with E-state index in [4.69, 9.17) is 9.47 Å². The van der Waals surface area contributed by atoms with E-state index in [9.17, 15) is 9.59 Å². The number of amides is 1. The summed E-state index contributed by atoms with van der Waals surface area (Å²) < 4.78 is 10.4. The summed E-state index contributed by atoms with van der Waals surface area (Å²) in [5.74, 6) is -0.589. The second-order valence-electron chi connectivity index (χ2n) is 4.66. The monoisotopic (exact) mass is 297 g/mol. The lowest BCUT2D eigenvalue weighted by Gasteiger charge is -2.21. The molecule has 5 nitrogen and oxygen atoms in total. The molecule has 1 unspecified atom stereocenters. The molecule has 0 aliphatic carbocycles. The first-order chi connectivity index (χ1) is 9.61. The fourth-order valence-electron chi connectivity index (χ4n) is 2.11. The van der Waals surface area contributed by atoms with Gasteiger partial charge in [-0.3, -0.25) is 4.79 Å². The molecule has 1 saturated heterocycles. The number of carbonyl (C=O) groups is 2. The van der Waals surface area contributed by atoms with Gasteiger partial charge in [0.25, 0.3) is 5.91 Å². The zero-order chi connectivity index (χ0) is 14.5. The van der Waals surface area contributed by atoms with E-state index in [2.05, 4.69) is 5.32 Å². The van der Waals surface area contributed by atoms with Crippen LogP contribution >= 0.6 is 11.3 Å². The van der Waals surface area contributed by atoms with Gasteiger partial charge in [0.2, 0.25) is 0 Å². The van der Waals surface area contributed by atoms with Crippen LogP contribution in [0.1, 0.15) is 41.4 Å². The van der Waals surface area contributed by atoms with Crippen molar-refractivity contribution >= 4 is 28.2 Å². The number of esters is 1. The van der Waals surface area contributed by atoms with E-state index in [0.29, 0.717) is 23.8 Å². The molecule has 1 aromatic rings. The van der Waals surface area contributed by atoms with Gasteiger partial charge in [-0.25, -0.2) is 4.79 Å². The van der Waals surface area contributed by atoms with Crippen LogP contribution in [0.5, 0.6) is 0 Å². The maximum atomic E-state index is 12.1. The molecule has 1 aliphatic rings. The average Bonchev–Trinajstić information content (AvgIpc) is 2.81. The first-order valence-corrected chi connectivity index (χ1v) is 7.63. The fourth-order valence-corrected chi connectivity index (χ4v) is 3.01. The Kier molecular flexibility index (Phi) is 5.14. The van der Waals surface area contributed by atoms with Crippen LogP contribution in [-0.4, -0.2) is 31.2 Å². The lowest BCUT2D eigenvalue weighted by Crippen LogP contribution is -2.33. The van der Waals surface area contributed by atoms with Gasteiger partial charge in [-0.1, -0.05) is 0 Å². The van der Waals surface area contributed by atoms with Crippen molar-refractivity contribution in [2.24, 2.45) is 0 Å². The second kappa shape index (κ2) is 6.85. The van der Waals surface area contributed by atoms with Crippen molar-refractivity contribution in [2.75, 3.05) is 18.5 Å². The van der Waals surface area contributed by atoms with Crippen molar-refractivity contribution in [3.63, 3.8) is 0 Å². The smallest absolute Gasteiger partial charge is 0.341 e. The Balaban J connectivity index is 2.08. The molecule has 1 N–H and O–H groups in total. The summed E-state index contributed by atoms with van der Waals surface area (Å²) in [6.07, 6.45) is 2.30. The molecule has 1 aromatic heterocycles. The summed E-state index contributed by atoms with van der Waals surface area (Å²) in [7, 11) is 0. The van der Waals surface area contributed by atoms with Crippen molar-refractivity contribution in [3.05, 3.63) is 16.5 Å². The third-order valence-electron chi connectivity index (χ3n) is 3.06.